The number of hydrogen-bond donors (Lipinski definition) is 1. The van der Waals surface area contributed by atoms with E-state index in [1.165, 1.54) is 24.4 Å². The lowest BCUT2D eigenvalue weighted by atomic mass is 9.93. The monoisotopic (exact) mass is 263 g/mol. The second kappa shape index (κ2) is 5.88. The van der Waals surface area contributed by atoms with Gasteiger partial charge in [-0.3, -0.25) is 4.90 Å². The van der Waals surface area contributed by atoms with E-state index in [-0.39, 0.29) is 6.61 Å². The van der Waals surface area contributed by atoms with Crippen LogP contribution in [0.15, 0.2) is 11.4 Å². The summed E-state index contributed by atoms with van der Waals surface area (Å²) in [4.78, 5) is 3.91. The largest absolute Gasteiger partial charge is 0.395 e. The topological polar surface area (TPSA) is 23.5 Å². The van der Waals surface area contributed by atoms with Crippen LogP contribution in [0.3, 0.4) is 0 Å². The first-order valence-electron chi connectivity index (χ1n) is 6.48. The molecule has 1 saturated heterocycles. The van der Waals surface area contributed by atoms with Gasteiger partial charge < -0.3 is 5.11 Å². The third-order valence-corrected chi connectivity index (χ3v) is 4.18. The van der Waals surface area contributed by atoms with Crippen LogP contribution in [0.5, 0.6) is 0 Å². The Morgan fingerprint density at radius 3 is 3.00 bits per heavy atom. The first-order valence-corrected chi connectivity index (χ1v) is 7.36. The van der Waals surface area contributed by atoms with Gasteiger partial charge in [0, 0.05) is 35.3 Å². The Morgan fingerprint density at radius 2 is 2.33 bits per heavy atom. The summed E-state index contributed by atoms with van der Waals surface area (Å²) in [5.41, 5.74) is 1.56. The summed E-state index contributed by atoms with van der Waals surface area (Å²) >= 11 is 1.79. The van der Waals surface area contributed by atoms with Crippen molar-refractivity contribution < 1.29 is 5.11 Å². The Hall–Kier alpha value is -0.820. The molecule has 0 atom stereocenters. The summed E-state index contributed by atoms with van der Waals surface area (Å²) in [6.07, 6.45) is 1.85. The van der Waals surface area contributed by atoms with Crippen LogP contribution >= 0.6 is 11.3 Å². The number of hydrogen-bond acceptors (Lipinski definition) is 3. The van der Waals surface area contributed by atoms with Gasteiger partial charge in [-0.15, -0.1) is 11.3 Å². The minimum atomic E-state index is 0.146. The molecule has 0 saturated carbocycles. The minimum Gasteiger partial charge on any atom is -0.395 e. The van der Waals surface area contributed by atoms with Crippen LogP contribution in [0, 0.1) is 17.3 Å². The van der Waals surface area contributed by atoms with Crippen molar-refractivity contribution in [1.29, 1.82) is 0 Å². The third-order valence-electron chi connectivity index (χ3n) is 3.26. The van der Waals surface area contributed by atoms with E-state index in [1.807, 2.05) is 0 Å². The predicted octanol–water partition coefficient (Wildman–Crippen LogP) is 2.71. The molecule has 1 fully saturated rings. The average Bonchev–Trinajstić information content (AvgIpc) is 2.87. The average molecular weight is 263 g/mol. The Bertz CT molecular complexity index is 453. The molecule has 2 nitrogen and oxygen atoms in total. The molecule has 0 aromatic carbocycles. The number of thiophene rings is 1. The molecular weight excluding hydrogens is 242 g/mol. The Kier molecular flexibility index (Phi) is 4.45. The highest BCUT2D eigenvalue weighted by atomic mass is 32.1. The highest BCUT2D eigenvalue weighted by molar-refractivity contribution is 7.10. The van der Waals surface area contributed by atoms with Crippen molar-refractivity contribution in [3.05, 3.63) is 21.9 Å². The third kappa shape index (κ3) is 3.84. The van der Waals surface area contributed by atoms with Crippen molar-refractivity contribution in [3.63, 3.8) is 0 Å². The molecule has 1 N–H and O–H groups in total. The van der Waals surface area contributed by atoms with Crippen molar-refractivity contribution in [1.82, 2.24) is 4.90 Å². The first-order chi connectivity index (χ1) is 8.59. The molecular formula is C15H21NOS. The summed E-state index contributed by atoms with van der Waals surface area (Å²) in [6.45, 7) is 8.27. The maximum atomic E-state index is 8.68. The quantitative estimate of drug-likeness (QED) is 0.848. The standard InChI is InChI=1S/C15H21NOS/c1-15(2)6-7-16(12-15)10-14-9-13(11-18-14)5-3-4-8-17/h9,11,17H,4,6-8,10,12H2,1-2H3. The van der Waals surface area contributed by atoms with Crippen LogP contribution in [0.1, 0.15) is 37.1 Å². The fourth-order valence-corrected chi connectivity index (χ4v) is 3.19. The predicted molar refractivity (Wildman–Crippen MR) is 76.6 cm³/mol. The van der Waals surface area contributed by atoms with Crippen LogP contribution in [-0.4, -0.2) is 29.7 Å². The highest BCUT2D eigenvalue weighted by Gasteiger charge is 2.28. The van der Waals surface area contributed by atoms with Crippen molar-refractivity contribution in [3.8, 4) is 11.8 Å². The maximum Gasteiger partial charge on any atom is 0.0540 e. The molecule has 98 valence electrons. The molecule has 0 spiro atoms. The van der Waals surface area contributed by atoms with Gasteiger partial charge in [-0.1, -0.05) is 25.7 Å². The van der Waals surface area contributed by atoms with Crippen LogP contribution in [0.2, 0.25) is 0 Å². The lowest BCUT2D eigenvalue weighted by molar-refractivity contribution is 0.286. The second-order valence-corrected chi connectivity index (χ2v) is 6.70. The van der Waals surface area contributed by atoms with Gasteiger partial charge >= 0.3 is 0 Å². The van der Waals surface area contributed by atoms with Gasteiger partial charge in [0.15, 0.2) is 0 Å². The highest BCUT2D eigenvalue weighted by Crippen LogP contribution is 2.30. The number of nitrogens with zero attached hydrogens (tertiary/aromatic N) is 1. The van der Waals surface area contributed by atoms with E-state index in [4.69, 9.17) is 5.11 Å². The summed E-state index contributed by atoms with van der Waals surface area (Å²) in [5.74, 6) is 6.05. The molecule has 0 aliphatic carbocycles. The molecule has 1 aliphatic heterocycles. The lowest BCUT2D eigenvalue weighted by Crippen LogP contribution is -2.22. The van der Waals surface area contributed by atoms with Gasteiger partial charge in [-0.25, -0.2) is 0 Å². The fraction of sp³-hybridized carbons (Fsp3) is 0.600. The summed E-state index contributed by atoms with van der Waals surface area (Å²) in [5, 5.41) is 10.8. The molecule has 18 heavy (non-hydrogen) atoms. The summed E-state index contributed by atoms with van der Waals surface area (Å²) in [6, 6.07) is 2.18. The van der Waals surface area contributed by atoms with E-state index in [2.05, 4.69) is 42.0 Å². The number of aliphatic hydroxyl groups is 1. The normalized spacial score (nSPS) is 18.6. The van der Waals surface area contributed by atoms with Gasteiger partial charge in [0.05, 0.1) is 6.61 Å². The van der Waals surface area contributed by atoms with Crippen LogP contribution in [0.4, 0.5) is 0 Å². The lowest BCUT2D eigenvalue weighted by Gasteiger charge is -2.18. The Morgan fingerprint density at radius 1 is 1.50 bits per heavy atom. The molecule has 1 aliphatic rings. The smallest absolute Gasteiger partial charge is 0.0540 e. The SMILES string of the molecule is CC1(C)CCN(Cc2cc(C#CCCO)cs2)C1. The Labute approximate surface area is 114 Å². The molecule has 1 aromatic heterocycles. The van der Waals surface area contributed by atoms with Crippen molar-refractivity contribution >= 4 is 11.3 Å². The summed E-state index contributed by atoms with van der Waals surface area (Å²) in [7, 11) is 0. The van der Waals surface area contributed by atoms with Gasteiger partial charge in [0.25, 0.3) is 0 Å². The molecule has 0 bridgehead atoms. The van der Waals surface area contributed by atoms with Gasteiger partial charge in [0.2, 0.25) is 0 Å². The zero-order valence-electron chi connectivity index (χ0n) is 11.2. The van der Waals surface area contributed by atoms with E-state index >= 15 is 0 Å². The fourth-order valence-electron chi connectivity index (χ4n) is 2.33. The zero-order valence-corrected chi connectivity index (χ0v) is 12.0. The van der Waals surface area contributed by atoms with Crippen molar-refractivity contribution in [2.45, 2.75) is 33.2 Å². The van der Waals surface area contributed by atoms with Gasteiger partial charge in [-0.2, -0.15) is 0 Å². The minimum absolute atomic E-state index is 0.146. The molecule has 0 radical (unpaired) electrons. The van der Waals surface area contributed by atoms with Crippen molar-refractivity contribution in [2.75, 3.05) is 19.7 Å². The van der Waals surface area contributed by atoms with Crippen LogP contribution in [0.25, 0.3) is 0 Å². The van der Waals surface area contributed by atoms with E-state index < -0.39 is 0 Å². The number of aliphatic hydroxyl groups excluding tert-OH is 1. The van der Waals surface area contributed by atoms with Crippen LogP contribution < -0.4 is 0 Å². The molecule has 1 aromatic rings. The van der Waals surface area contributed by atoms with Gasteiger partial charge in [0.1, 0.15) is 0 Å². The van der Waals surface area contributed by atoms with Gasteiger partial charge in [-0.05, 0) is 24.4 Å². The molecule has 3 heteroatoms. The molecule has 0 amide bonds. The van der Waals surface area contributed by atoms with Crippen molar-refractivity contribution in [2.24, 2.45) is 5.41 Å². The summed E-state index contributed by atoms with van der Waals surface area (Å²) < 4.78 is 0. The number of rotatable bonds is 3. The molecule has 0 unspecified atom stereocenters. The Balaban J connectivity index is 1.90. The second-order valence-electron chi connectivity index (χ2n) is 5.70. The zero-order chi connectivity index (χ0) is 13.0. The van der Waals surface area contributed by atoms with Crippen LogP contribution in [-0.2, 0) is 6.54 Å². The first kappa shape index (κ1) is 13.6. The van der Waals surface area contributed by atoms with E-state index in [9.17, 15) is 0 Å². The maximum absolute atomic E-state index is 8.68. The van der Waals surface area contributed by atoms with E-state index in [0.717, 1.165) is 12.1 Å². The molecule has 2 rings (SSSR count). The number of likely N-dealkylation sites (tertiary alicyclic amines) is 1. The molecule has 2 heterocycles. The van der Waals surface area contributed by atoms with E-state index in [0.29, 0.717) is 11.8 Å². The van der Waals surface area contributed by atoms with E-state index in [1.54, 1.807) is 11.3 Å².